The van der Waals surface area contributed by atoms with Gasteiger partial charge in [-0.25, -0.2) is 0 Å². The zero-order chi connectivity index (χ0) is 19.7. The Morgan fingerprint density at radius 2 is 2.07 bits per heavy atom. The molecule has 148 valence electrons. The van der Waals surface area contributed by atoms with Gasteiger partial charge in [0.25, 0.3) is 5.91 Å². The minimum absolute atomic E-state index is 0.0369. The highest BCUT2D eigenvalue weighted by Gasteiger charge is 2.43. The molecular weight excluding hydrogens is 352 g/mol. The fourth-order valence-corrected chi connectivity index (χ4v) is 4.25. The van der Waals surface area contributed by atoms with Crippen LogP contribution < -0.4 is 10.1 Å². The van der Waals surface area contributed by atoms with E-state index in [4.69, 9.17) is 9.47 Å². The molecule has 2 aliphatic heterocycles. The topological polar surface area (TPSA) is 50.8 Å². The van der Waals surface area contributed by atoms with Crippen molar-refractivity contribution in [3.63, 3.8) is 0 Å². The molecule has 2 atom stereocenters. The van der Waals surface area contributed by atoms with Gasteiger partial charge in [0.2, 0.25) is 0 Å². The SMILES string of the molecule is CC(C)N1C(=O)c2ccccc2NC1(C)c1cccc(OCC2CCCO2)c1. The number of benzene rings is 2. The van der Waals surface area contributed by atoms with E-state index in [-0.39, 0.29) is 18.1 Å². The van der Waals surface area contributed by atoms with E-state index in [1.165, 1.54) is 0 Å². The molecule has 2 unspecified atom stereocenters. The van der Waals surface area contributed by atoms with Gasteiger partial charge in [-0.1, -0.05) is 24.3 Å². The van der Waals surface area contributed by atoms with Crippen LogP contribution in [0.1, 0.15) is 49.5 Å². The van der Waals surface area contributed by atoms with Crippen molar-refractivity contribution in [1.82, 2.24) is 4.90 Å². The summed E-state index contributed by atoms with van der Waals surface area (Å²) in [6.45, 7) is 7.53. The van der Waals surface area contributed by atoms with E-state index in [0.717, 1.165) is 36.4 Å². The second kappa shape index (κ2) is 7.47. The van der Waals surface area contributed by atoms with Crippen LogP contribution in [0.2, 0.25) is 0 Å². The Balaban J connectivity index is 1.66. The molecule has 0 saturated carbocycles. The van der Waals surface area contributed by atoms with Crippen molar-refractivity contribution in [3.8, 4) is 5.75 Å². The Kier molecular flexibility index (Phi) is 5.02. The first-order chi connectivity index (χ1) is 13.5. The molecule has 0 bridgehead atoms. The zero-order valence-electron chi connectivity index (χ0n) is 16.8. The highest BCUT2D eigenvalue weighted by Crippen LogP contribution is 2.39. The van der Waals surface area contributed by atoms with Gasteiger partial charge in [0.15, 0.2) is 0 Å². The molecule has 1 amide bonds. The summed E-state index contributed by atoms with van der Waals surface area (Å²) < 4.78 is 11.7. The number of nitrogens with zero attached hydrogens (tertiary/aromatic N) is 1. The summed E-state index contributed by atoms with van der Waals surface area (Å²) in [6.07, 6.45) is 2.32. The molecule has 2 aliphatic rings. The Bertz CT molecular complexity index is 860. The summed E-state index contributed by atoms with van der Waals surface area (Å²) in [5.74, 6) is 0.837. The van der Waals surface area contributed by atoms with Crippen LogP contribution in [-0.4, -0.2) is 36.2 Å². The molecule has 1 N–H and O–H groups in total. The summed E-state index contributed by atoms with van der Waals surface area (Å²) in [5.41, 5.74) is 1.90. The molecule has 28 heavy (non-hydrogen) atoms. The van der Waals surface area contributed by atoms with E-state index >= 15 is 0 Å². The highest BCUT2D eigenvalue weighted by atomic mass is 16.5. The van der Waals surface area contributed by atoms with Crippen LogP contribution in [0.5, 0.6) is 5.75 Å². The van der Waals surface area contributed by atoms with E-state index in [1.54, 1.807) is 0 Å². The van der Waals surface area contributed by atoms with Crippen LogP contribution in [0.15, 0.2) is 48.5 Å². The molecule has 0 aliphatic carbocycles. The van der Waals surface area contributed by atoms with Crippen molar-refractivity contribution in [2.75, 3.05) is 18.5 Å². The Hall–Kier alpha value is -2.53. The standard InChI is InChI=1S/C23H28N2O3/c1-16(2)25-22(26)20-11-4-5-12-21(20)24-23(25,3)17-8-6-9-18(14-17)28-15-19-10-7-13-27-19/h4-6,8-9,11-12,14,16,19,24H,7,10,13,15H2,1-3H3. The molecule has 0 spiro atoms. The predicted octanol–water partition coefficient (Wildman–Crippen LogP) is 4.39. The average Bonchev–Trinajstić information content (AvgIpc) is 3.20. The van der Waals surface area contributed by atoms with Crippen molar-refractivity contribution >= 4 is 11.6 Å². The normalized spacial score (nSPS) is 24.2. The van der Waals surface area contributed by atoms with Gasteiger partial charge in [-0.15, -0.1) is 0 Å². The fourth-order valence-electron chi connectivity index (χ4n) is 4.25. The smallest absolute Gasteiger partial charge is 0.258 e. The molecule has 5 nitrogen and oxygen atoms in total. The molecule has 2 aromatic rings. The zero-order valence-corrected chi connectivity index (χ0v) is 16.8. The number of ether oxygens (including phenoxy) is 2. The van der Waals surface area contributed by atoms with Gasteiger partial charge in [0, 0.05) is 23.9 Å². The number of hydrogen-bond donors (Lipinski definition) is 1. The van der Waals surface area contributed by atoms with Gasteiger partial charge < -0.3 is 19.7 Å². The number of fused-ring (bicyclic) bond motifs is 1. The van der Waals surface area contributed by atoms with Crippen LogP contribution in [0, 0.1) is 0 Å². The summed E-state index contributed by atoms with van der Waals surface area (Å²) in [5, 5.41) is 3.60. The third-order valence-electron chi connectivity index (χ3n) is 5.61. The largest absolute Gasteiger partial charge is 0.491 e. The van der Waals surface area contributed by atoms with Gasteiger partial charge in [-0.05, 0) is 57.9 Å². The van der Waals surface area contributed by atoms with Crippen LogP contribution in [-0.2, 0) is 10.4 Å². The van der Waals surface area contributed by atoms with E-state index in [1.807, 2.05) is 67.3 Å². The van der Waals surface area contributed by atoms with Crippen molar-refractivity contribution < 1.29 is 14.3 Å². The second-order valence-corrected chi connectivity index (χ2v) is 7.99. The van der Waals surface area contributed by atoms with Gasteiger partial charge in [-0.2, -0.15) is 0 Å². The Morgan fingerprint density at radius 1 is 1.25 bits per heavy atom. The number of carbonyl (C=O) groups is 1. The maximum Gasteiger partial charge on any atom is 0.258 e. The summed E-state index contributed by atoms with van der Waals surface area (Å²) >= 11 is 0. The molecule has 2 heterocycles. The van der Waals surface area contributed by atoms with Crippen molar-refractivity contribution in [2.45, 2.75) is 51.4 Å². The van der Waals surface area contributed by atoms with E-state index in [2.05, 4.69) is 12.2 Å². The third-order valence-corrected chi connectivity index (χ3v) is 5.61. The predicted molar refractivity (Wildman–Crippen MR) is 110 cm³/mol. The van der Waals surface area contributed by atoms with Crippen LogP contribution in [0.4, 0.5) is 5.69 Å². The molecule has 1 fully saturated rings. The number of nitrogens with one attached hydrogen (secondary N) is 1. The van der Waals surface area contributed by atoms with Crippen LogP contribution in [0.3, 0.4) is 0 Å². The number of carbonyl (C=O) groups excluding carboxylic acids is 1. The maximum absolute atomic E-state index is 13.3. The molecule has 2 aromatic carbocycles. The average molecular weight is 380 g/mol. The summed E-state index contributed by atoms with van der Waals surface area (Å²) in [7, 11) is 0. The monoisotopic (exact) mass is 380 g/mol. The number of hydrogen-bond acceptors (Lipinski definition) is 4. The summed E-state index contributed by atoms with van der Waals surface area (Å²) in [6, 6.07) is 15.7. The number of anilines is 1. The molecule has 4 rings (SSSR count). The van der Waals surface area contributed by atoms with Crippen LogP contribution in [0.25, 0.3) is 0 Å². The highest BCUT2D eigenvalue weighted by molar-refractivity contribution is 6.02. The molecule has 0 radical (unpaired) electrons. The number of rotatable bonds is 5. The number of amides is 1. The van der Waals surface area contributed by atoms with Gasteiger partial charge in [0.1, 0.15) is 18.0 Å². The van der Waals surface area contributed by atoms with E-state index in [0.29, 0.717) is 12.2 Å². The van der Waals surface area contributed by atoms with E-state index in [9.17, 15) is 4.79 Å². The quantitative estimate of drug-likeness (QED) is 0.836. The third kappa shape index (κ3) is 3.35. The van der Waals surface area contributed by atoms with Crippen molar-refractivity contribution in [3.05, 3.63) is 59.7 Å². The lowest BCUT2D eigenvalue weighted by atomic mass is 9.92. The van der Waals surface area contributed by atoms with Gasteiger partial charge in [0.05, 0.1) is 11.7 Å². The first-order valence-electron chi connectivity index (χ1n) is 10.0. The second-order valence-electron chi connectivity index (χ2n) is 7.99. The van der Waals surface area contributed by atoms with Crippen LogP contribution >= 0.6 is 0 Å². The first kappa shape index (κ1) is 18.8. The minimum atomic E-state index is -0.664. The van der Waals surface area contributed by atoms with E-state index < -0.39 is 5.66 Å². The number of para-hydroxylation sites is 1. The lowest BCUT2D eigenvalue weighted by molar-refractivity contribution is 0.0432. The first-order valence-corrected chi connectivity index (χ1v) is 10.0. The fraction of sp³-hybridized carbons (Fsp3) is 0.435. The molecule has 5 heteroatoms. The lowest BCUT2D eigenvalue weighted by Crippen LogP contribution is -2.58. The molecular formula is C23H28N2O3. The summed E-state index contributed by atoms with van der Waals surface area (Å²) in [4.78, 5) is 15.2. The molecule has 0 aromatic heterocycles. The lowest BCUT2D eigenvalue weighted by Gasteiger charge is -2.48. The van der Waals surface area contributed by atoms with Gasteiger partial charge in [-0.3, -0.25) is 4.79 Å². The Morgan fingerprint density at radius 3 is 2.82 bits per heavy atom. The van der Waals surface area contributed by atoms with Crippen molar-refractivity contribution in [2.24, 2.45) is 0 Å². The van der Waals surface area contributed by atoms with Gasteiger partial charge >= 0.3 is 0 Å². The maximum atomic E-state index is 13.3. The Labute approximate surface area is 166 Å². The minimum Gasteiger partial charge on any atom is -0.491 e. The van der Waals surface area contributed by atoms with Crippen molar-refractivity contribution in [1.29, 1.82) is 0 Å². The molecule has 1 saturated heterocycles.